The first-order valence-electron chi connectivity index (χ1n) is 6.42. The lowest BCUT2D eigenvalue weighted by Gasteiger charge is -2.28. The fraction of sp³-hybridized carbons (Fsp3) is 0.375. The monoisotopic (exact) mass is 227 g/mol. The minimum Gasteiger partial charge on any atom is -0.308 e. The number of rotatable bonds is 5. The molecular weight excluding hydrogens is 206 g/mol. The van der Waals surface area contributed by atoms with Crippen molar-refractivity contribution < 1.29 is 0 Å². The normalized spacial score (nSPS) is 22.9. The second-order valence-corrected chi connectivity index (χ2v) is 4.92. The van der Waals surface area contributed by atoms with Gasteiger partial charge in [0.1, 0.15) is 0 Å². The number of nitrogens with one attached hydrogen (secondary N) is 1. The summed E-state index contributed by atoms with van der Waals surface area (Å²) in [6.07, 6.45) is 12.2. The molecule has 1 aliphatic rings. The van der Waals surface area contributed by atoms with Crippen molar-refractivity contribution in [1.29, 1.82) is 0 Å². The molecule has 0 spiro atoms. The Hall–Kier alpha value is -1.34. The van der Waals surface area contributed by atoms with E-state index >= 15 is 0 Å². The Labute approximate surface area is 104 Å². The zero-order valence-corrected chi connectivity index (χ0v) is 10.5. The summed E-state index contributed by atoms with van der Waals surface area (Å²) in [5.74, 6) is 0. The smallest absolute Gasteiger partial charge is 0.0373 e. The Morgan fingerprint density at radius 1 is 1.18 bits per heavy atom. The van der Waals surface area contributed by atoms with Gasteiger partial charge in [0.15, 0.2) is 0 Å². The van der Waals surface area contributed by atoms with E-state index in [-0.39, 0.29) is 5.54 Å². The van der Waals surface area contributed by atoms with E-state index < -0.39 is 0 Å². The summed E-state index contributed by atoms with van der Waals surface area (Å²) in [6.45, 7) is 3.33. The highest BCUT2D eigenvalue weighted by atomic mass is 14.9. The molecule has 90 valence electrons. The quantitative estimate of drug-likeness (QED) is 0.759. The molecule has 0 fully saturated rings. The maximum atomic E-state index is 3.63. The van der Waals surface area contributed by atoms with Crippen LogP contribution in [0.3, 0.4) is 0 Å². The molecule has 1 aromatic rings. The summed E-state index contributed by atoms with van der Waals surface area (Å²) in [5.41, 5.74) is 1.59. The van der Waals surface area contributed by atoms with E-state index in [2.05, 4.69) is 66.9 Å². The molecule has 0 aromatic heterocycles. The largest absolute Gasteiger partial charge is 0.308 e. The van der Waals surface area contributed by atoms with Crippen LogP contribution >= 0.6 is 0 Å². The first-order chi connectivity index (χ1) is 8.29. The molecule has 1 aromatic carbocycles. The van der Waals surface area contributed by atoms with Gasteiger partial charge in [-0.25, -0.2) is 0 Å². The van der Waals surface area contributed by atoms with Crippen molar-refractivity contribution >= 4 is 0 Å². The molecule has 0 saturated heterocycles. The predicted molar refractivity (Wildman–Crippen MR) is 74.1 cm³/mol. The third-order valence-electron chi connectivity index (χ3n) is 3.27. The topological polar surface area (TPSA) is 12.0 Å². The van der Waals surface area contributed by atoms with Gasteiger partial charge in [-0.1, -0.05) is 54.6 Å². The number of hydrogen-bond acceptors (Lipinski definition) is 1. The van der Waals surface area contributed by atoms with Crippen LogP contribution in [0.25, 0.3) is 0 Å². The van der Waals surface area contributed by atoms with E-state index in [4.69, 9.17) is 0 Å². The molecular formula is C16H21N. The zero-order chi connectivity index (χ0) is 12.0. The number of hydrogen-bond donors (Lipinski definition) is 1. The van der Waals surface area contributed by atoms with Crippen LogP contribution in [0.5, 0.6) is 0 Å². The van der Waals surface area contributed by atoms with Crippen molar-refractivity contribution in [2.24, 2.45) is 0 Å². The summed E-state index contributed by atoms with van der Waals surface area (Å²) >= 11 is 0. The molecule has 0 saturated carbocycles. The Bertz CT molecular complexity index is 391. The average Bonchev–Trinajstić information content (AvgIpc) is 2.37. The lowest BCUT2D eigenvalue weighted by atomic mass is 9.93. The van der Waals surface area contributed by atoms with E-state index in [1.54, 1.807) is 0 Å². The molecule has 17 heavy (non-hydrogen) atoms. The van der Waals surface area contributed by atoms with Crippen LogP contribution in [0.15, 0.2) is 54.6 Å². The van der Waals surface area contributed by atoms with Crippen LogP contribution in [0.1, 0.15) is 25.3 Å². The van der Waals surface area contributed by atoms with Crippen molar-refractivity contribution in [3.63, 3.8) is 0 Å². The molecule has 1 unspecified atom stereocenters. The summed E-state index contributed by atoms with van der Waals surface area (Å²) in [5, 5.41) is 3.63. The van der Waals surface area contributed by atoms with Gasteiger partial charge < -0.3 is 5.32 Å². The molecule has 1 heteroatoms. The Morgan fingerprint density at radius 2 is 2.00 bits per heavy atom. The van der Waals surface area contributed by atoms with Gasteiger partial charge in [-0.05, 0) is 38.3 Å². The maximum Gasteiger partial charge on any atom is 0.0373 e. The molecule has 0 radical (unpaired) electrons. The molecule has 0 amide bonds. The molecule has 1 aliphatic carbocycles. The van der Waals surface area contributed by atoms with Crippen LogP contribution in [-0.4, -0.2) is 12.1 Å². The second-order valence-electron chi connectivity index (χ2n) is 4.92. The predicted octanol–water partition coefficient (Wildman–Crippen LogP) is 3.48. The van der Waals surface area contributed by atoms with Crippen molar-refractivity contribution in [3.8, 4) is 0 Å². The SMILES string of the molecule is CC1(NCCCc2ccccc2)C=CC=CC1. The number of allylic oxidation sites excluding steroid dienone is 2. The Kier molecular flexibility index (Phi) is 4.16. The highest BCUT2D eigenvalue weighted by Gasteiger charge is 2.18. The van der Waals surface area contributed by atoms with Gasteiger partial charge in [0, 0.05) is 5.54 Å². The second kappa shape index (κ2) is 5.83. The molecule has 1 nitrogen and oxygen atoms in total. The van der Waals surface area contributed by atoms with Gasteiger partial charge in [0.25, 0.3) is 0 Å². The molecule has 0 heterocycles. The Morgan fingerprint density at radius 3 is 2.71 bits per heavy atom. The average molecular weight is 227 g/mol. The minimum absolute atomic E-state index is 0.158. The molecule has 0 bridgehead atoms. The Balaban J connectivity index is 1.70. The zero-order valence-electron chi connectivity index (χ0n) is 10.5. The summed E-state index contributed by atoms with van der Waals surface area (Å²) in [4.78, 5) is 0. The van der Waals surface area contributed by atoms with Crippen LogP contribution < -0.4 is 5.32 Å². The fourth-order valence-electron chi connectivity index (χ4n) is 2.17. The van der Waals surface area contributed by atoms with Gasteiger partial charge in [-0.15, -0.1) is 0 Å². The fourth-order valence-corrected chi connectivity index (χ4v) is 2.17. The van der Waals surface area contributed by atoms with Crippen molar-refractivity contribution in [2.45, 2.75) is 31.7 Å². The van der Waals surface area contributed by atoms with Gasteiger partial charge in [0.05, 0.1) is 0 Å². The third kappa shape index (κ3) is 3.86. The number of benzene rings is 1. The highest BCUT2D eigenvalue weighted by molar-refractivity contribution is 5.19. The van der Waals surface area contributed by atoms with Gasteiger partial charge in [-0.2, -0.15) is 0 Å². The van der Waals surface area contributed by atoms with Gasteiger partial charge in [0.2, 0.25) is 0 Å². The van der Waals surface area contributed by atoms with Crippen LogP contribution in [-0.2, 0) is 6.42 Å². The lowest BCUT2D eigenvalue weighted by molar-refractivity contribution is 0.433. The van der Waals surface area contributed by atoms with E-state index in [1.165, 1.54) is 12.0 Å². The summed E-state index contributed by atoms with van der Waals surface area (Å²) in [6, 6.07) is 10.7. The lowest BCUT2D eigenvalue weighted by Crippen LogP contribution is -2.41. The first kappa shape index (κ1) is 12.1. The van der Waals surface area contributed by atoms with Crippen LogP contribution in [0.2, 0.25) is 0 Å². The highest BCUT2D eigenvalue weighted by Crippen LogP contribution is 2.16. The van der Waals surface area contributed by atoms with Crippen LogP contribution in [0, 0.1) is 0 Å². The van der Waals surface area contributed by atoms with Crippen molar-refractivity contribution in [1.82, 2.24) is 5.32 Å². The van der Waals surface area contributed by atoms with Crippen molar-refractivity contribution in [2.75, 3.05) is 6.54 Å². The maximum absolute atomic E-state index is 3.63. The van der Waals surface area contributed by atoms with Gasteiger partial charge >= 0.3 is 0 Å². The third-order valence-corrected chi connectivity index (χ3v) is 3.27. The molecule has 0 aliphatic heterocycles. The van der Waals surface area contributed by atoms with Gasteiger partial charge in [-0.3, -0.25) is 0 Å². The summed E-state index contributed by atoms with van der Waals surface area (Å²) < 4.78 is 0. The van der Waals surface area contributed by atoms with E-state index in [1.807, 2.05) is 0 Å². The number of aryl methyl sites for hydroxylation is 1. The van der Waals surface area contributed by atoms with Crippen LogP contribution in [0.4, 0.5) is 0 Å². The van der Waals surface area contributed by atoms with E-state index in [0.717, 1.165) is 19.4 Å². The standard InChI is InChI=1S/C16H21N/c1-16(12-6-3-7-13-16)17-14-8-11-15-9-4-2-5-10-15/h2-7,9-10,12,17H,8,11,13-14H2,1H3. The molecule has 1 atom stereocenters. The molecule has 1 N–H and O–H groups in total. The summed E-state index contributed by atoms with van der Waals surface area (Å²) in [7, 11) is 0. The van der Waals surface area contributed by atoms with Crippen molar-refractivity contribution in [3.05, 3.63) is 60.2 Å². The van der Waals surface area contributed by atoms with E-state index in [0.29, 0.717) is 0 Å². The molecule has 2 rings (SSSR count). The minimum atomic E-state index is 0.158. The van der Waals surface area contributed by atoms with E-state index in [9.17, 15) is 0 Å². The first-order valence-corrected chi connectivity index (χ1v) is 6.42.